The highest BCUT2D eigenvalue weighted by Crippen LogP contribution is 2.44. The number of benzene rings is 3. The molecule has 5 rings (SSSR count). The number of methoxy groups -OCH3 is 2. The van der Waals surface area contributed by atoms with Gasteiger partial charge in [0.15, 0.2) is 16.7 Å². The Hall–Kier alpha value is -3.80. The van der Waals surface area contributed by atoms with Crippen molar-refractivity contribution < 1.29 is 22.7 Å². The summed E-state index contributed by atoms with van der Waals surface area (Å²) in [6.07, 6.45) is 1.29. The van der Waals surface area contributed by atoms with Crippen molar-refractivity contribution in [1.29, 1.82) is 0 Å². The molecule has 0 fully saturated rings. The minimum atomic E-state index is -3.97. The number of thioether (sulfide) groups is 1. The second-order valence-electron chi connectivity index (χ2n) is 8.43. The Morgan fingerprint density at radius 3 is 2.54 bits per heavy atom. The van der Waals surface area contributed by atoms with Gasteiger partial charge in [-0.15, -0.1) is 0 Å². The summed E-state index contributed by atoms with van der Waals surface area (Å²) in [5, 5.41) is 3.47. The molecule has 1 N–H and O–H groups in total. The van der Waals surface area contributed by atoms with Crippen LogP contribution in [0, 0.1) is 0 Å². The van der Waals surface area contributed by atoms with Crippen molar-refractivity contribution in [3.8, 4) is 22.8 Å². The number of fused-ring (bicyclic) bond motifs is 3. The SMILES string of the molecule is COc1ccc(NC(=O)CSc2ncc3c(n2)-c2ccc(Cl)cc2N(Cc2ccccc2)S3(=O)=O)cc1OC. The number of sulfonamides is 1. The van der Waals surface area contributed by atoms with Crippen LogP contribution in [-0.2, 0) is 21.4 Å². The van der Waals surface area contributed by atoms with E-state index in [1.54, 1.807) is 36.4 Å². The first-order valence-corrected chi connectivity index (χ1v) is 14.5. The molecule has 0 bridgehead atoms. The van der Waals surface area contributed by atoms with E-state index < -0.39 is 10.0 Å². The zero-order valence-corrected chi connectivity index (χ0v) is 23.3. The largest absolute Gasteiger partial charge is 0.493 e. The fourth-order valence-electron chi connectivity index (χ4n) is 4.13. The Kier molecular flexibility index (Phi) is 7.65. The van der Waals surface area contributed by atoms with Crippen LogP contribution < -0.4 is 19.1 Å². The number of rotatable bonds is 8. The zero-order valence-electron chi connectivity index (χ0n) is 20.9. The molecule has 0 saturated heterocycles. The number of hydrogen-bond donors (Lipinski definition) is 1. The number of carbonyl (C=O) groups is 1. The first-order chi connectivity index (χ1) is 18.8. The van der Waals surface area contributed by atoms with Crippen molar-refractivity contribution in [2.75, 3.05) is 29.6 Å². The van der Waals surface area contributed by atoms with Gasteiger partial charge in [0.1, 0.15) is 4.90 Å². The van der Waals surface area contributed by atoms with Crippen LogP contribution in [0.3, 0.4) is 0 Å². The molecule has 12 heteroatoms. The molecule has 0 saturated carbocycles. The molecule has 0 aliphatic carbocycles. The van der Waals surface area contributed by atoms with Crippen molar-refractivity contribution in [3.63, 3.8) is 0 Å². The van der Waals surface area contributed by atoms with Crippen LogP contribution in [0.1, 0.15) is 5.56 Å². The second kappa shape index (κ2) is 11.1. The summed E-state index contributed by atoms with van der Waals surface area (Å²) in [7, 11) is -0.927. The van der Waals surface area contributed by atoms with Crippen molar-refractivity contribution >= 4 is 50.7 Å². The average molecular weight is 583 g/mol. The highest BCUT2D eigenvalue weighted by Gasteiger charge is 2.37. The lowest BCUT2D eigenvalue weighted by Crippen LogP contribution is -2.34. The number of anilines is 2. The molecule has 1 aromatic heterocycles. The predicted molar refractivity (Wildman–Crippen MR) is 151 cm³/mol. The number of aromatic nitrogens is 2. The van der Waals surface area contributed by atoms with Crippen LogP contribution in [-0.4, -0.2) is 44.3 Å². The number of halogens is 1. The Morgan fingerprint density at radius 1 is 1.03 bits per heavy atom. The average Bonchev–Trinajstić information content (AvgIpc) is 2.94. The topological polar surface area (TPSA) is 111 Å². The Labute approximate surface area is 235 Å². The maximum Gasteiger partial charge on any atom is 0.268 e. The van der Waals surface area contributed by atoms with Gasteiger partial charge in [-0.25, -0.2) is 18.4 Å². The van der Waals surface area contributed by atoms with E-state index in [-0.39, 0.29) is 34.0 Å². The lowest BCUT2D eigenvalue weighted by atomic mass is 10.1. The van der Waals surface area contributed by atoms with Gasteiger partial charge in [0.05, 0.1) is 44.1 Å². The van der Waals surface area contributed by atoms with E-state index in [1.165, 1.54) is 24.7 Å². The molecular formula is C27H23ClN4O5S2. The van der Waals surface area contributed by atoms with E-state index in [4.69, 9.17) is 21.1 Å². The molecule has 39 heavy (non-hydrogen) atoms. The molecule has 9 nitrogen and oxygen atoms in total. The smallest absolute Gasteiger partial charge is 0.268 e. The maximum atomic E-state index is 13.7. The minimum Gasteiger partial charge on any atom is -0.493 e. The van der Waals surface area contributed by atoms with Crippen LogP contribution in [0.5, 0.6) is 11.5 Å². The minimum absolute atomic E-state index is 0.00705. The summed E-state index contributed by atoms with van der Waals surface area (Å²) >= 11 is 7.36. The normalized spacial score (nSPS) is 13.3. The molecule has 1 aliphatic rings. The first kappa shape index (κ1) is 26.8. The summed E-state index contributed by atoms with van der Waals surface area (Å²) < 4.78 is 39.2. The van der Waals surface area contributed by atoms with Gasteiger partial charge in [-0.3, -0.25) is 9.10 Å². The van der Waals surface area contributed by atoms with Gasteiger partial charge in [0.2, 0.25) is 5.91 Å². The van der Waals surface area contributed by atoms with E-state index in [0.29, 0.717) is 33.5 Å². The number of amides is 1. The third-order valence-electron chi connectivity index (χ3n) is 5.95. The number of nitrogens with one attached hydrogen (secondary N) is 1. The fraction of sp³-hybridized carbons (Fsp3) is 0.148. The van der Waals surface area contributed by atoms with Crippen LogP contribution in [0.15, 0.2) is 83.0 Å². The van der Waals surface area contributed by atoms with Crippen molar-refractivity contribution in [1.82, 2.24) is 9.97 Å². The van der Waals surface area contributed by atoms with E-state index in [1.807, 2.05) is 30.3 Å². The summed E-state index contributed by atoms with van der Waals surface area (Å²) in [6.45, 7) is 0.128. The number of carbonyl (C=O) groups excluding carboxylic acids is 1. The van der Waals surface area contributed by atoms with E-state index >= 15 is 0 Å². The van der Waals surface area contributed by atoms with Gasteiger partial charge >= 0.3 is 0 Å². The molecule has 0 spiro atoms. The molecule has 0 radical (unpaired) electrons. The summed E-state index contributed by atoms with van der Waals surface area (Å²) in [6, 6.07) is 19.4. The molecule has 2 heterocycles. The lowest BCUT2D eigenvalue weighted by Gasteiger charge is -2.31. The first-order valence-electron chi connectivity index (χ1n) is 11.7. The summed E-state index contributed by atoms with van der Waals surface area (Å²) in [4.78, 5) is 21.4. The Balaban J connectivity index is 1.39. The molecule has 4 aromatic rings. The van der Waals surface area contributed by atoms with Gasteiger partial charge in [-0.05, 0) is 35.9 Å². The molecule has 0 unspecified atom stereocenters. The highest BCUT2D eigenvalue weighted by atomic mass is 35.5. The van der Waals surface area contributed by atoms with E-state index in [0.717, 1.165) is 17.3 Å². The summed E-state index contributed by atoms with van der Waals surface area (Å²) in [5.41, 5.74) is 2.67. The van der Waals surface area contributed by atoms with Crippen molar-refractivity contribution in [3.05, 3.63) is 83.5 Å². The lowest BCUT2D eigenvalue weighted by molar-refractivity contribution is -0.113. The molecular weight excluding hydrogens is 560 g/mol. The monoisotopic (exact) mass is 582 g/mol. The quantitative estimate of drug-likeness (QED) is 0.221. The Bertz CT molecular complexity index is 1650. The van der Waals surface area contributed by atoms with E-state index in [9.17, 15) is 13.2 Å². The van der Waals surface area contributed by atoms with Gasteiger partial charge < -0.3 is 14.8 Å². The molecule has 200 valence electrons. The van der Waals surface area contributed by atoms with E-state index in [2.05, 4.69) is 15.3 Å². The van der Waals surface area contributed by atoms with Gasteiger partial charge in [0.25, 0.3) is 10.0 Å². The standard InChI is InChI=1S/C27H23ClN4O5S2/c1-36-22-11-9-19(13-23(22)37-2)30-25(33)16-38-27-29-14-24-26(31-27)20-10-8-18(28)12-21(20)32(39(24,34)35)15-17-6-4-3-5-7-17/h3-14H,15-16H2,1-2H3,(H,30,33). The number of nitrogens with zero attached hydrogens (tertiary/aromatic N) is 3. The maximum absolute atomic E-state index is 13.7. The summed E-state index contributed by atoms with van der Waals surface area (Å²) in [5.74, 6) is 0.754. The van der Waals surface area contributed by atoms with Crippen LogP contribution >= 0.6 is 23.4 Å². The van der Waals surface area contributed by atoms with Crippen LogP contribution in [0.2, 0.25) is 5.02 Å². The highest BCUT2D eigenvalue weighted by molar-refractivity contribution is 7.99. The van der Waals surface area contributed by atoms with Crippen LogP contribution in [0.25, 0.3) is 11.3 Å². The predicted octanol–water partition coefficient (Wildman–Crippen LogP) is 5.25. The van der Waals surface area contributed by atoms with Crippen LogP contribution in [0.4, 0.5) is 11.4 Å². The zero-order chi connectivity index (χ0) is 27.6. The number of ether oxygens (including phenoxy) is 2. The third kappa shape index (κ3) is 5.51. The third-order valence-corrected chi connectivity index (χ3v) is 8.81. The molecule has 1 amide bonds. The molecule has 1 aliphatic heterocycles. The van der Waals surface area contributed by atoms with Crippen molar-refractivity contribution in [2.24, 2.45) is 0 Å². The second-order valence-corrected chi connectivity index (χ2v) is 11.6. The molecule has 0 atom stereocenters. The number of hydrogen-bond acceptors (Lipinski definition) is 8. The van der Waals surface area contributed by atoms with Gasteiger partial charge in [-0.1, -0.05) is 53.7 Å². The Morgan fingerprint density at radius 2 is 1.79 bits per heavy atom. The fourth-order valence-corrected chi connectivity index (χ4v) is 6.46. The van der Waals surface area contributed by atoms with Gasteiger partial charge in [0, 0.05) is 22.3 Å². The van der Waals surface area contributed by atoms with Crippen molar-refractivity contribution in [2.45, 2.75) is 16.6 Å². The van der Waals surface area contributed by atoms with Gasteiger partial charge in [-0.2, -0.15) is 0 Å². The molecule has 3 aromatic carbocycles.